The standard InChI is InChI=1S/C10H16N2O2S3/c1-11-8(13)7-3-2-4-10(5-6-10)12(7)9(14)16-17-15/h7,15H,2-6H2,1H3,(H,11,13). The second-order valence-electron chi connectivity index (χ2n) is 4.54. The summed E-state index contributed by atoms with van der Waals surface area (Å²) in [6, 6.07) is -0.295. The zero-order valence-electron chi connectivity index (χ0n) is 9.64. The SMILES string of the molecule is CNC(=O)C1CCCC2(CC2)N1C(=O)SSS. The van der Waals surface area contributed by atoms with Gasteiger partial charge >= 0.3 is 0 Å². The molecule has 2 aliphatic rings. The van der Waals surface area contributed by atoms with Crippen LogP contribution in [0, 0.1) is 0 Å². The molecule has 2 rings (SSSR count). The highest BCUT2D eigenvalue weighted by molar-refractivity contribution is 9.08. The van der Waals surface area contributed by atoms with E-state index in [9.17, 15) is 9.59 Å². The summed E-state index contributed by atoms with van der Waals surface area (Å²) in [5.41, 5.74) is -0.0248. The van der Waals surface area contributed by atoms with Gasteiger partial charge in [0.1, 0.15) is 6.04 Å². The van der Waals surface area contributed by atoms with Crippen LogP contribution in [0.2, 0.25) is 0 Å². The number of nitrogens with zero attached hydrogens (tertiary/aromatic N) is 1. The summed E-state index contributed by atoms with van der Waals surface area (Å²) in [5, 5.41) is 2.63. The third-order valence-electron chi connectivity index (χ3n) is 3.62. The van der Waals surface area contributed by atoms with E-state index in [2.05, 4.69) is 17.0 Å². The molecule has 0 radical (unpaired) electrons. The van der Waals surface area contributed by atoms with Gasteiger partial charge in [-0.1, -0.05) is 11.7 Å². The maximum Gasteiger partial charge on any atom is 0.294 e. The first-order valence-electron chi connectivity index (χ1n) is 5.67. The lowest BCUT2D eigenvalue weighted by Gasteiger charge is -2.41. The molecule has 1 atom stereocenters. The van der Waals surface area contributed by atoms with E-state index in [4.69, 9.17) is 0 Å². The molecular formula is C10H16N2O2S3. The first-order chi connectivity index (χ1) is 8.14. The lowest BCUT2D eigenvalue weighted by molar-refractivity contribution is -0.127. The first-order valence-corrected chi connectivity index (χ1v) is 8.88. The highest BCUT2D eigenvalue weighted by Gasteiger charge is 2.55. The van der Waals surface area contributed by atoms with Crippen molar-refractivity contribution in [3.8, 4) is 0 Å². The summed E-state index contributed by atoms with van der Waals surface area (Å²) < 4.78 is 0. The molecule has 2 fully saturated rings. The minimum absolute atomic E-state index is 0.0248. The number of piperidine rings is 1. The molecule has 0 aromatic carbocycles. The maximum absolute atomic E-state index is 12.1. The number of thiol groups is 1. The average molecular weight is 292 g/mol. The van der Waals surface area contributed by atoms with E-state index in [1.54, 1.807) is 7.05 Å². The zero-order chi connectivity index (χ0) is 12.5. The number of hydrogen-bond acceptors (Lipinski definition) is 5. The summed E-state index contributed by atoms with van der Waals surface area (Å²) in [6.07, 6.45) is 4.89. The Bertz CT molecular complexity index is 334. The van der Waals surface area contributed by atoms with Gasteiger partial charge in [-0.2, -0.15) is 0 Å². The van der Waals surface area contributed by atoms with Crippen LogP contribution in [0.3, 0.4) is 0 Å². The third-order valence-corrected chi connectivity index (χ3v) is 5.36. The van der Waals surface area contributed by atoms with Gasteiger partial charge in [0.15, 0.2) is 0 Å². The molecule has 1 heterocycles. The molecule has 1 aliphatic carbocycles. The van der Waals surface area contributed by atoms with Crippen LogP contribution in [0.4, 0.5) is 4.79 Å². The van der Waals surface area contributed by atoms with Gasteiger partial charge in [-0.05, 0) is 41.9 Å². The minimum atomic E-state index is -0.295. The molecule has 2 amide bonds. The fourth-order valence-corrected chi connectivity index (χ4v) is 4.12. The third kappa shape index (κ3) is 2.56. The predicted octanol–water partition coefficient (Wildman–Crippen LogP) is 2.47. The van der Waals surface area contributed by atoms with Gasteiger partial charge < -0.3 is 10.2 Å². The summed E-state index contributed by atoms with van der Waals surface area (Å²) in [5.74, 6) is -0.0471. The molecule has 0 aromatic rings. The first kappa shape index (κ1) is 13.4. The maximum atomic E-state index is 12.1. The molecule has 17 heavy (non-hydrogen) atoms. The van der Waals surface area contributed by atoms with Crippen LogP contribution in [0.1, 0.15) is 32.1 Å². The van der Waals surface area contributed by atoms with Gasteiger partial charge in [0.2, 0.25) is 5.91 Å². The van der Waals surface area contributed by atoms with Crippen molar-refractivity contribution in [2.45, 2.75) is 43.7 Å². The number of carbonyl (C=O) groups is 2. The van der Waals surface area contributed by atoms with Crippen molar-refractivity contribution in [3.63, 3.8) is 0 Å². The van der Waals surface area contributed by atoms with Gasteiger partial charge in [0.05, 0.1) is 0 Å². The van der Waals surface area contributed by atoms with Crippen molar-refractivity contribution in [1.82, 2.24) is 10.2 Å². The van der Waals surface area contributed by atoms with Crippen molar-refractivity contribution >= 4 is 43.4 Å². The smallest absolute Gasteiger partial charge is 0.294 e. The molecule has 1 unspecified atom stereocenters. The Kier molecular flexibility index (Phi) is 4.20. The highest BCUT2D eigenvalue weighted by Crippen LogP contribution is 2.52. The fraction of sp³-hybridized carbons (Fsp3) is 0.800. The Morgan fingerprint density at radius 3 is 2.65 bits per heavy atom. The Morgan fingerprint density at radius 2 is 2.12 bits per heavy atom. The number of likely N-dealkylation sites (tertiary alicyclic amines) is 1. The van der Waals surface area contributed by atoms with E-state index in [0.29, 0.717) is 0 Å². The van der Waals surface area contributed by atoms with Crippen LogP contribution >= 0.6 is 32.3 Å². The highest BCUT2D eigenvalue weighted by atomic mass is 33.5. The number of amides is 2. The molecule has 1 aliphatic heterocycles. The van der Waals surface area contributed by atoms with Crippen LogP contribution < -0.4 is 5.32 Å². The fourth-order valence-electron chi connectivity index (χ4n) is 2.65. The van der Waals surface area contributed by atoms with Gasteiger partial charge in [-0.3, -0.25) is 9.59 Å². The van der Waals surface area contributed by atoms with E-state index < -0.39 is 0 Å². The van der Waals surface area contributed by atoms with Gasteiger partial charge in [-0.25, -0.2) is 0 Å². The van der Waals surface area contributed by atoms with E-state index in [1.165, 1.54) is 0 Å². The van der Waals surface area contributed by atoms with Crippen LogP contribution in [0.25, 0.3) is 0 Å². The topological polar surface area (TPSA) is 49.4 Å². The number of rotatable bonds is 2. The van der Waals surface area contributed by atoms with E-state index >= 15 is 0 Å². The number of carbonyl (C=O) groups excluding carboxylic acids is 2. The van der Waals surface area contributed by atoms with E-state index in [-0.39, 0.29) is 22.7 Å². The molecule has 0 aromatic heterocycles. The monoisotopic (exact) mass is 292 g/mol. The van der Waals surface area contributed by atoms with Crippen LogP contribution in [-0.4, -0.2) is 34.7 Å². The molecule has 4 nitrogen and oxygen atoms in total. The predicted molar refractivity (Wildman–Crippen MR) is 75.1 cm³/mol. The van der Waals surface area contributed by atoms with Crippen molar-refractivity contribution in [2.24, 2.45) is 0 Å². The van der Waals surface area contributed by atoms with Gasteiger partial charge in [0, 0.05) is 23.4 Å². The largest absolute Gasteiger partial charge is 0.357 e. The second-order valence-corrected chi connectivity index (χ2v) is 7.49. The average Bonchev–Trinajstić information content (AvgIpc) is 3.08. The van der Waals surface area contributed by atoms with E-state index in [0.717, 1.165) is 52.7 Å². The van der Waals surface area contributed by atoms with Crippen molar-refractivity contribution in [2.75, 3.05) is 7.05 Å². The molecular weight excluding hydrogens is 276 g/mol. The number of hydrogen-bond donors (Lipinski definition) is 2. The molecule has 1 saturated heterocycles. The van der Waals surface area contributed by atoms with Crippen LogP contribution in [0.15, 0.2) is 0 Å². The molecule has 1 N–H and O–H groups in total. The van der Waals surface area contributed by atoms with Gasteiger partial charge in [0.25, 0.3) is 5.24 Å². The van der Waals surface area contributed by atoms with Crippen LogP contribution in [-0.2, 0) is 4.79 Å². The normalized spacial score (nSPS) is 25.8. The summed E-state index contributed by atoms with van der Waals surface area (Å²) in [6.45, 7) is 0. The number of likely N-dealkylation sites (N-methyl/N-ethyl adjacent to an activating group) is 1. The second kappa shape index (κ2) is 5.32. The summed E-state index contributed by atoms with van der Waals surface area (Å²) in [7, 11) is 3.87. The quantitative estimate of drug-likeness (QED) is 0.606. The molecule has 1 saturated carbocycles. The Hall–Kier alpha value is -0.0100. The molecule has 7 heteroatoms. The zero-order valence-corrected chi connectivity index (χ0v) is 12.2. The molecule has 1 spiro atoms. The summed E-state index contributed by atoms with van der Waals surface area (Å²) >= 11 is 3.99. The Morgan fingerprint density at radius 1 is 1.41 bits per heavy atom. The van der Waals surface area contributed by atoms with Crippen LogP contribution in [0.5, 0.6) is 0 Å². The summed E-state index contributed by atoms with van der Waals surface area (Å²) in [4.78, 5) is 25.8. The lowest BCUT2D eigenvalue weighted by atomic mass is 9.94. The van der Waals surface area contributed by atoms with Crippen molar-refractivity contribution < 1.29 is 9.59 Å². The van der Waals surface area contributed by atoms with E-state index in [1.807, 2.05) is 4.90 Å². The van der Waals surface area contributed by atoms with Crippen molar-refractivity contribution in [1.29, 1.82) is 0 Å². The molecule has 0 bridgehead atoms. The van der Waals surface area contributed by atoms with Crippen molar-refractivity contribution in [3.05, 3.63) is 0 Å². The Balaban J connectivity index is 2.18. The Labute approximate surface area is 114 Å². The molecule has 96 valence electrons. The van der Waals surface area contributed by atoms with Gasteiger partial charge in [-0.15, -0.1) is 0 Å². The minimum Gasteiger partial charge on any atom is -0.357 e. The number of nitrogens with one attached hydrogen (secondary N) is 1. The lowest BCUT2D eigenvalue weighted by Crippen LogP contribution is -2.55.